The average Bonchev–Trinajstić information content (AvgIpc) is 3.34. The topological polar surface area (TPSA) is 147 Å². The first kappa shape index (κ1) is 26.6. The Morgan fingerprint density at radius 2 is 1.80 bits per heavy atom. The van der Waals surface area contributed by atoms with Gasteiger partial charge in [-0.25, -0.2) is 14.6 Å². The van der Waals surface area contributed by atoms with Crippen LogP contribution in [-0.4, -0.2) is 37.6 Å². The second-order valence-corrected chi connectivity index (χ2v) is 9.65. The maximum atomic E-state index is 13.5. The van der Waals surface area contributed by atoms with E-state index in [1.165, 1.54) is 11.6 Å². The molecule has 10 heteroatoms. The second kappa shape index (κ2) is 10.6. The van der Waals surface area contributed by atoms with Gasteiger partial charge in [0.1, 0.15) is 17.1 Å². The minimum absolute atomic E-state index is 0.168. The number of carbonyl (C=O) groups excluding carboxylic acids is 2. The molecule has 1 aliphatic rings. The van der Waals surface area contributed by atoms with Crippen molar-refractivity contribution in [3.05, 3.63) is 97.3 Å². The van der Waals surface area contributed by atoms with Crippen LogP contribution in [0.2, 0.25) is 0 Å². The molecule has 0 bridgehead atoms. The van der Waals surface area contributed by atoms with Crippen molar-refractivity contribution in [1.82, 2.24) is 14.1 Å². The summed E-state index contributed by atoms with van der Waals surface area (Å²) >= 11 is 0. The predicted molar refractivity (Wildman–Crippen MR) is 151 cm³/mol. The molecule has 0 amide bonds. The number of phenols is 1. The third-order valence-electron chi connectivity index (χ3n) is 7.02. The molecule has 1 aliphatic carbocycles. The van der Waals surface area contributed by atoms with Gasteiger partial charge in [-0.2, -0.15) is 0 Å². The monoisotopic (exact) mass is 540 g/mol. The van der Waals surface area contributed by atoms with Crippen LogP contribution in [0.15, 0.2) is 58.1 Å². The molecular weight excluding hydrogens is 512 g/mol. The van der Waals surface area contributed by atoms with E-state index >= 15 is 0 Å². The Bertz CT molecular complexity index is 1820. The molecule has 4 aromatic rings. The lowest BCUT2D eigenvalue weighted by atomic mass is 10.0. The maximum Gasteiger partial charge on any atom is 0.339 e. The fourth-order valence-electron chi connectivity index (χ4n) is 5.04. The van der Waals surface area contributed by atoms with E-state index < -0.39 is 29.6 Å². The van der Waals surface area contributed by atoms with E-state index in [1.54, 1.807) is 42.5 Å². The largest absolute Gasteiger partial charge is 0.508 e. The number of esters is 1. The first-order valence-corrected chi connectivity index (χ1v) is 12.9. The number of hydrogen-bond acceptors (Lipinski definition) is 8. The summed E-state index contributed by atoms with van der Waals surface area (Å²) in [5.41, 5.74) is 8.35. The number of benzene rings is 2. The van der Waals surface area contributed by atoms with Gasteiger partial charge < -0.3 is 15.6 Å². The van der Waals surface area contributed by atoms with Crippen molar-refractivity contribution in [2.45, 2.75) is 32.7 Å². The van der Waals surface area contributed by atoms with Crippen LogP contribution in [0.5, 0.6) is 5.75 Å². The van der Waals surface area contributed by atoms with Crippen LogP contribution in [0.4, 0.5) is 5.82 Å². The number of para-hydroxylation sites is 1. The van der Waals surface area contributed by atoms with Gasteiger partial charge in [-0.05, 0) is 60.2 Å². The van der Waals surface area contributed by atoms with Gasteiger partial charge in [0.05, 0.1) is 16.8 Å². The van der Waals surface area contributed by atoms with E-state index in [0.29, 0.717) is 47.0 Å². The van der Waals surface area contributed by atoms with Crippen molar-refractivity contribution in [1.29, 1.82) is 0 Å². The number of pyridine rings is 1. The lowest BCUT2D eigenvalue weighted by Crippen LogP contribution is -2.43. The predicted octanol–water partition coefficient (Wildman–Crippen LogP) is 3.32. The van der Waals surface area contributed by atoms with Crippen LogP contribution in [0.25, 0.3) is 22.6 Å². The number of ether oxygens (including phenoxy) is 1. The summed E-state index contributed by atoms with van der Waals surface area (Å²) < 4.78 is 7.46. The number of Topliss-reactive ketones (excluding diaryl/α,β-unsaturated/α-hetero) is 1. The minimum Gasteiger partial charge on any atom is -0.508 e. The molecule has 3 N–H and O–H groups in total. The van der Waals surface area contributed by atoms with E-state index in [9.17, 15) is 24.3 Å². The minimum atomic E-state index is -0.838. The first-order valence-electron chi connectivity index (χ1n) is 12.9. The van der Waals surface area contributed by atoms with E-state index in [2.05, 4.69) is 0 Å². The molecule has 204 valence electrons. The Morgan fingerprint density at radius 1 is 1.07 bits per heavy atom. The number of phenolic OH excluding ortho intramolecular Hbond substituents is 1. The van der Waals surface area contributed by atoms with Crippen molar-refractivity contribution in [2.24, 2.45) is 7.05 Å². The van der Waals surface area contributed by atoms with Crippen LogP contribution in [0.1, 0.15) is 57.3 Å². The van der Waals surface area contributed by atoms with Crippen molar-refractivity contribution in [2.75, 3.05) is 12.3 Å². The summed E-state index contributed by atoms with van der Waals surface area (Å²) in [4.78, 5) is 56.6. The highest BCUT2D eigenvalue weighted by Gasteiger charge is 2.29. The molecule has 0 radical (unpaired) electrons. The molecule has 0 atom stereocenters. The summed E-state index contributed by atoms with van der Waals surface area (Å²) in [6, 6.07) is 14.0. The Kier molecular flexibility index (Phi) is 7.08. The molecule has 40 heavy (non-hydrogen) atoms. The van der Waals surface area contributed by atoms with Crippen LogP contribution in [0.3, 0.4) is 0 Å². The molecule has 0 saturated heterocycles. The number of nitrogens with zero attached hydrogens (tertiary/aromatic N) is 3. The summed E-state index contributed by atoms with van der Waals surface area (Å²) in [5, 5.41) is 10.2. The molecule has 2 aromatic carbocycles. The van der Waals surface area contributed by atoms with Gasteiger partial charge >= 0.3 is 11.7 Å². The summed E-state index contributed by atoms with van der Waals surface area (Å²) in [6.07, 6.45) is 3.72. The van der Waals surface area contributed by atoms with Crippen LogP contribution < -0.4 is 17.0 Å². The van der Waals surface area contributed by atoms with Crippen LogP contribution in [-0.2, 0) is 24.8 Å². The molecular formula is C30H28N4O6. The molecule has 10 nitrogen and oxygen atoms in total. The fourth-order valence-corrected chi connectivity index (χ4v) is 5.04. The molecule has 5 rings (SSSR count). The van der Waals surface area contributed by atoms with Gasteiger partial charge in [-0.3, -0.25) is 18.7 Å². The Labute approximate surface area is 229 Å². The molecule has 0 saturated carbocycles. The Morgan fingerprint density at radius 3 is 2.52 bits per heavy atom. The van der Waals surface area contributed by atoms with Gasteiger partial charge in [0.15, 0.2) is 6.61 Å². The number of aromatic hydroxyl groups is 1. The molecule has 0 aliphatic heterocycles. The number of rotatable bonds is 7. The third kappa shape index (κ3) is 4.68. The van der Waals surface area contributed by atoms with Gasteiger partial charge in [-0.1, -0.05) is 37.3 Å². The Hall–Kier alpha value is -4.99. The number of nitrogen functional groups attached to an aromatic ring is 1. The average molecular weight is 541 g/mol. The zero-order valence-electron chi connectivity index (χ0n) is 22.1. The van der Waals surface area contributed by atoms with Crippen molar-refractivity contribution >= 4 is 40.1 Å². The molecule has 0 fully saturated rings. The number of ketones is 1. The van der Waals surface area contributed by atoms with Gasteiger partial charge in [-0.15, -0.1) is 0 Å². The zero-order valence-corrected chi connectivity index (χ0v) is 22.1. The Balaban J connectivity index is 1.50. The lowest BCUT2D eigenvalue weighted by Gasteiger charge is -2.15. The van der Waals surface area contributed by atoms with Crippen molar-refractivity contribution in [3.8, 4) is 5.75 Å². The van der Waals surface area contributed by atoms with Crippen molar-refractivity contribution in [3.63, 3.8) is 0 Å². The van der Waals surface area contributed by atoms with Crippen molar-refractivity contribution < 1.29 is 19.4 Å². The van der Waals surface area contributed by atoms with E-state index in [1.807, 2.05) is 19.1 Å². The van der Waals surface area contributed by atoms with Crippen LogP contribution in [0, 0.1) is 0 Å². The first-order chi connectivity index (χ1) is 19.2. The summed E-state index contributed by atoms with van der Waals surface area (Å²) in [7, 11) is 1.27. The highest BCUT2D eigenvalue weighted by Crippen LogP contribution is 2.38. The van der Waals surface area contributed by atoms with E-state index in [0.717, 1.165) is 15.7 Å². The highest BCUT2D eigenvalue weighted by atomic mass is 16.5. The van der Waals surface area contributed by atoms with Crippen LogP contribution >= 0.6 is 0 Å². The lowest BCUT2D eigenvalue weighted by molar-refractivity contribution is 0.0475. The smallest absolute Gasteiger partial charge is 0.339 e. The maximum absolute atomic E-state index is 13.5. The summed E-state index contributed by atoms with van der Waals surface area (Å²) in [5.74, 6) is -1.58. The molecule has 0 spiro atoms. The molecule has 2 heterocycles. The number of fused-ring (bicyclic) bond motifs is 2. The normalized spacial score (nSPS) is 13.5. The standard InChI is InChI=1S/C30H28N4O6/c1-3-14-34-27(31)25(28(37)33(2)30(34)39)23(36)16-40-29(38)24-20-6-4-5-7-22(20)32-26-18(10-13-21(24)26)15-17-8-11-19(35)12-9-17/h4-9,11-12,15,35H,3,10,13-14,16,31H2,1-2H3/b18-15-. The number of hydrogen-bond donors (Lipinski definition) is 2. The number of nitrogens with two attached hydrogens (primary N) is 1. The van der Waals surface area contributed by atoms with Gasteiger partial charge in [0.25, 0.3) is 5.56 Å². The number of anilines is 1. The third-order valence-corrected chi connectivity index (χ3v) is 7.02. The fraction of sp³-hybridized carbons (Fsp3) is 0.233. The highest BCUT2D eigenvalue weighted by molar-refractivity contribution is 6.08. The second-order valence-electron chi connectivity index (χ2n) is 9.65. The quantitative estimate of drug-likeness (QED) is 0.268. The number of carbonyl (C=O) groups is 2. The van der Waals surface area contributed by atoms with E-state index in [4.69, 9.17) is 15.5 Å². The summed E-state index contributed by atoms with van der Waals surface area (Å²) in [6.45, 7) is 1.35. The van der Waals surface area contributed by atoms with Gasteiger partial charge in [0.2, 0.25) is 5.78 Å². The number of aromatic nitrogens is 3. The molecule has 2 aromatic heterocycles. The molecule has 0 unspecified atom stereocenters. The van der Waals surface area contributed by atoms with Gasteiger partial charge in [0, 0.05) is 19.0 Å². The zero-order chi connectivity index (χ0) is 28.6. The van der Waals surface area contributed by atoms with E-state index in [-0.39, 0.29) is 23.7 Å². The SMILES string of the molecule is CCCn1c(N)c(C(=O)COC(=O)c2c3c(nc4ccccc24)/C(=C\c2ccc(O)cc2)CC3)c(=O)n(C)c1=O. The number of allylic oxidation sites excluding steroid dienone is 1.